The van der Waals surface area contributed by atoms with Gasteiger partial charge >= 0.3 is 5.97 Å². The molecule has 0 aliphatic carbocycles. The molecule has 1 rings (SSSR count). The molecule has 0 aromatic carbocycles. The molecule has 1 saturated heterocycles. The standard InChI is InChI=1S/C13H25N3O2S.HI/c1-18-12(17)6-4-2-3-5-7-15-13(14)16-8-10-19-11-9-16;/h2-11H2,1H3,(H2,14,15);1H. The maximum Gasteiger partial charge on any atom is 0.305 e. The lowest BCUT2D eigenvalue weighted by atomic mass is 10.1. The van der Waals surface area contributed by atoms with Crippen molar-refractivity contribution in [2.24, 2.45) is 10.7 Å². The summed E-state index contributed by atoms with van der Waals surface area (Å²) >= 11 is 1.97. The van der Waals surface area contributed by atoms with Gasteiger partial charge in [0.25, 0.3) is 0 Å². The van der Waals surface area contributed by atoms with Gasteiger partial charge in [0.1, 0.15) is 0 Å². The molecule has 1 heterocycles. The molecule has 0 aromatic heterocycles. The summed E-state index contributed by atoms with van der Waals surface area (Å²) in [4.78, 5) is 17.5. The summed E-state index contributed by atoms with van der Waals surface area (Å²) in [5, 5.41) is 0. The molecule has 20 heavy (non-hydrogen) atoms. The van der Waals surface area contributed by atoms with E-state index in [4.69, 9.17) is 5.73 Å². The summed E-state index contributed by atoms with van der Waals surface area (Å²) in [5.74, 6) is 2.85. The van der Waals surface area contributed by atoms with E-state index in [1.54, 1.807) is 0 Å². The van der Waals surface area contributed by atoms with E-state index >= 15 is 0 Å². The van der Waals surface area contributed by atoms with Crippen LogP contribution in [0.4, 0.5) is 0 Å². The topological polar surface area (TPSA) is 67.9 Å². The molecule has 0 spiro atoms. The first-order valence-electron chi connectivity index (χ1n) is 6.93. The van der Waals surface area contributed by atoms with Crippen LogP contribution in [0.1, 0.15) is 32.1 Å². The highest BCUT2D eigenvalue weighted by molar-refractivity contribution is 14.0. The van der Waals surface area contributed by atoms with Crippen molar-refractivity contribution in [3.8, 4) is 0 Å². The average Bonchev–Trinajstić information content (AvgIpc) is 2.46. The van der Waals surface area contributed by atoms with Crippen molar-refractivity contribution in [3.63, 3.8) is 0 Å². The Morgan fingerprint density at radius 3 is 2.55 bits per heavy atom. The lowest BCUT2D eigenvalue weighted by Gasteiger charge is -2.27. The van der Waals surface area contributed by atoms with Gasteiger partial charge < -0.3 is 15.4 Å². The highest BCUT2D eigenvalue weighted by atomic mass is 127. The minimum Gasteiger partial charge on any atom is -0.469 e. The molecule has 7 heteroatoms. The van der Waals surface area contributed by atoms with Gasteiger partial charge in [-0.15, -0.1) is 24.0 Å². The summed E-state index contributed by atoms with van der Waals surface area (Å²) < 4.78 is 4.59. The monoisotopic (exact) mass is 415 g/mol. The van der Waals surface area contributed by atoms with E-state index in [1.807, 2.05) is 11.8 Å². The Labute approximate surface area is 143 Å². The van der Waals surface area contributed by atoms with Gasteiger partial charge in [-0.05, 0) is 12.8 Å². The fourth-order valence-corrected chi connectivity index (χ4v) is 2.83. The van der Waals surface area contributed by atoms with Crippen LogP contribution in [0, 0.1) is 0 Å². The Hall–Kier alpha value is -0.180. The maximum absolute atomic E-state index is 10.9. The van der Waals surface area contributed by atoms with Gasteiger partial charge in [0.05, 0.1) is 7.11 Å². The first kappa shape index (κ1) is 19.8. The first-order chi connectivity index (χ1) is 9.24. The lowest BCUT2D eigenvalue weighted by molar-refractivity contribution is -0.140. The predicted octanol–water partition coefficient (Wildman–Crippen LogP) is 2.09. The van der Waals surface area contributed by atoms with Gasteiger partial charge in [0, 0.05) is 37.6 Å². The van der Waals surface area contributed by atoms with E-state index in [0.717, 1.165) is 56.8 Å². The minimum atomic E-state index is -0.120. The number of nitrogens with zero attached hydrogens (tertiary/aromatic N) is 2. The van der Waals surface area contributed by atoms with Gasteiger partial charge in [0.15, 0.2) is 5.96 Å². The number of hydrogen-bond acceptors (Lipinski definition) is 4. The number of unbranched alkanes of at least 4 members (excludes halogenated alkanes) is 3. The van der Waals surface area contributed by atoms with Crippen molar-refractivity contribution in [3.05, 3.63) is 0 Å². The average molecular weight is 415 g/mol. The molecule has 1 fully saturated rings. The maximum atomic E-state index is 10.9. The van der Waals surface area contributed by atoms with E-state index < -0.39 is 0 Å². The molecule has 1 aliphatic heterocycles. The summed E-state index contributed by atoms with van der Waals surface area (Å²) in [7, 11) is 1.43. The van der Waals surface area contributed by atoms with Crippen molar-refractivity contribution in [1.29, 1.82) is 0 Å². The number of ether oxygens (including phenoxy) is 1. The van der Waals surface area contributed by atoms with E-state index in [0.29, 0.717) is 12.4 Å². The fraction of sp³-hybridized carbons (Fsp3) is 0.846. The molecule has 1 aliphatic rings. The normalized spacial score (nSPS) is 15.7. The van der Waals surface area contributed by atoms with E-state index in [2.05, 4.69) is 14.6 Å². The third-order valence-corrected chi connectivity index (χ3v) is 4.07. The Kier molecular flexibility index (Phi) is 12.4. The van der Waals surface area contributed by atoms with Crippen LogP contribution < -0.4 is 5.73 Å². The molecule has 0 atom stereocenters. The molecule has 118 valence electrons. The van der Waals surface area contributed by atoms with Gasteiger partial charge in [-0.3, -0.25) is 9.79 Å². The van der Waals surface area contributed by atoms with Crippen LogP contribution in [-0.2, 0) is 9.53 Å². The lowest BCUT2D eigenvalue weighted by Crippen LogP contribution is -2.42. The first-order valence-corrected chi connectivity index (χ1v) is 8.09. The van der Waals surface area contributed by atoms with E-state index in [-0.39, 0.29) is 29.9 Å². The van der Waals surface area contributed by atoms with Crippen molar-refractivity contribution in [2.45, 2.75) is 32.1 Å². The number of carbonyl (C=O) groups is 1. The Morgan fingerprint density at radius 2 is 1.90 bits per heavy atom. The number of nitrogens with two attached hydrogens (primary N) is 1. The van der Waals surface area contributed by atoms with Crippen molar-refractivity contribution < 1.29 is 9.53 Å². The Morgan fingerprint density at radius 1 is 1.25 bits per heavy atom. The molecule has 0 saturated carbocycles. The van der Waals surface area contributed by atoms with Gasteiger partial charge in [0.2, 0.25) is 0 Å². The van der Waals surface area contributed by atoms with Crippen LogP contribution in [0.5, 0.6) is 0 Å². The van der Waals surface area contributed by atoms with Crippen LogP contribution in [-0.4, -0.2) is 55.1 Å². The number of carbonyl (C=O) groups excluding carboxylic acids is 1. The zero-order valence-electron chi connectivity index (χ0n) is 12.2. The highest BCUT2D eigenvalue weighted by Crippen LogP contribution is 2.09. The summed E-state index contributed by atoms with van der Waals surface area (Å²) in [6.07, 6.45) is 4.58. The van der Waals surface area contributed by atoms with Crippen LogP contribution in [0.2, 0.25) is 0 Å². The molecule has 0 aromatic rings. The van der Waals surface area contributed by atoms with Crippen LogP contribution in [0.15, 0.2) is 4.99 Å². The smallest absolute Gasteiger partial charge is 0.305 e. The number of methoxy groups -OCH3 is 1. The minimum absolute atomic E-state index is 0. The second-order valence-corrected chi connectivity index (χ2v) is 5.80. The number of guanidine groups is 1. The largest absolute Gasteiger partial charge is 0.469 e. The fourth-order valence-electron chi connectivity index (χ4n) is 1.92. The number of hydrogen-bond donors (Lipinski definition) is 1. The second kappa shape index (κ2) is 12.6. The molecular weight excluding hydrogens is 389 g/mol. The predicted molar refractivity (Wildman–Crippen MR) is 95.9 cm³/mol. The number of halogens is 1. The third-order valence-electron chi connectivity index (χ3n) is 3.13. The zero-order chi connectivity index (χ0) is 13.9. The van der Waals surface area contributed by atoms with E-state index in [9.17, 15) is 4.79 Å². The van der Waals surface area contributed by atoms with Crippen molar-refractivity contribution >= 4 is 47.7 Å². The van der Waals surface area contributed by atoms with E-state index in [1.165, 1.54) is 7.11 Å². The summed E-state index contributed by atoms with van der Waals surface area (Å²) in [5.41, 5.74) is 5.95. The Balaban J connectivity index is 0.00000361. The summed E-state index contributed by atoms with van der Waals surface area (Å²) in [6, 6.07) is 0. The summed E-state index contributed by atoms with van der Waals surface area (Å²) in [6.45, 7) is 2.81. The molecule has 0 radical (unpaired) electrons. The van der Waals surface area contributed by atoms with Gasteiger partial charge in [-0.2, -0.15) is 11.8 Å². The second-order valence-electron chi connectivity index (χ2n) is 4.58. The zero-order valence-corrected chi connectivity index (χ0v) is 15.3. The van der Waals surface area contributed by atoms with Gasteiger partial charge in [-0.25, -0.2) is 0 Å². The van der Waals surface area contributed by atoms with Crippen LogP contribution in [0.25, 0.3) is 0 Å². The quantitative estimate of drug-likeness (QED) is 0.227. The van der Waals surface area contributed by atoms with Crippen molar-refractivity contribution in [1.82, 2.24) is 4.90 Å². The molecule has 5 nitrogen and oxygen atoms in total. The van der Waals surface area contributed by atoms with Crippen molar-refractivity contribution in [2.75, 3.05) is 38.2 Å². The van der Waals surface area contributed by atoms with Crippen LogP contribution in [0.3, 0.4) is 0 Å². The van der Waals surface area contributed by atoms with Gasteiger partial charge in [-0.1, -0.05) is 12.8 Å². The molecule has 2 N–H and O–H groups in total. The molecule has 0 amide bonds. The number of thioether (sulfide) groups is 1. The SMILES string of the molecule is COC(=O)CCCCCCN=C(N)N1CCSCC1.I. The van der Waals surface area contributed by atoms with Crippen LogP contribution >= 0.6 is 35.7 Å². The number of esters is 1. The Bertz CT molecular complexity index is 297. The number of aliphatic imine (C=N–C) groups is 1. The number of rotatable bonds is 7. The highest BCUT2D eigenvalue weighted by Gasteiger charge is 2.11. The molecule has 0 unspecified atom stereocenters. The third kappa shape index (κ3) is 8.89. The molecular formula is C13H26IN3O2S. The molecule has 0 bridgehead atoms.